The van der Waals surface area contributed by atoms with Crippen LogP contribution in [0.2, 0.25) is 0 Å². The highest BCUT2D eigenvalue weighted by molar-refractivity contribution is 5.98. The summed E-state index contributed by atoms with van der Waals surface area (Å²) < 4.78 is 5.68. The second kappa shape index (κ2) is 10.8. The molecule has 30 heavy (non-hydrogen) atoms. The number of benzene rings is 1. The van der Waals surface area contributed by atoms with Crippen LogP contribution in [0.4, 0.5) is 0 Å². The molecule has 7 heteroatoms. The van der Waals surface area contributed by atoms with Crippen molar-refractivity contribution >= 4 is 11.8 Å². The molecule has 2 atom stereocenters. The largest absolute Gasteiger partial charge is 0.376 e. The van der Waals surface area contributed by atoms with E-state index in [2.05, 4.69) is 20.9 Å². The molecule has 3 rings (SSSR count). The summed E-state index contributed by atoms with van der Waals surface area (Å²) in [6, 6.07) is 13.2. The lowest BCUT2D eigenvalue weighted by Crippen LogP contribution is -2.38. The van der Waals surface area contributed by atoms with Gasteiger partial charge in [0.1, 0.15) is 5.69 Å². The third kappa shape index (κ3) is 5.87. The standard InChI is InChI=1S/C23H30N4O3/c1-16(17-7-4-3-5-8-17)20-13-18(14-21(27-20)23(29)24-2)22(28)26-10-6-9-19-15-25-11-12-30-19/h3-5,7-8,13-14,16,19,25H,6,9-12,15H2,1-2H3,(H,24,29)(H,26,28)/t16-,19+/m1/s1. The predicted molar refractivity (Wildman–Crippen MR) is 116 cm³/mol. The van der Waals surface area contributed by atoms with Gasteiger partial charge >= 0.3 is 0 Å². The van der Waals surface area contributed by atoms with E-state index in [1.807, 2.05) is 37.3 Å². The molecule has 0 aliphatic carbocycles. The molecular formula is C23H30N4O3. The van der Waals surface area contributed by atoms with Crippen LogP contribution in [0.5, 0.6) is 0 Å². The molecule has 160 valence electrons. The van der Waals surface area contributed by atoms with E-state index in [-0.39, 0.29) is 29.5 Å². The minimum absolute atomic E-state index is 0.0432. The van der Waals surface area contributed by atoms with E-state index in [0.717, 1.165) is 38.1 Å². The van der Waals surface area contributed by atoms with E-state index in [4.69, 9.17) is 4.74 Å². The van der Waals surface area contributed by atoms with Crippen LogP contribution in [0.3, 0.4) is 0 Å². The normalized spacial score (nSPS) is 17.2. The van der Waals surface area contributed by atoms with Crippen molar-refractivity contribution in [1.82, 2.24) is 20.9 Å². The summed E-state index contributed by atoms with van der Waals surface area (Å²) in [5, 5.41) is 8.85. The second-order valence-electron chi connectivity index (χ2n) is 7.47. The number of ether oxygens (including phenoxy) is 1. The van der Waals surface area contributed by atoms with Crippen molar-refractivity contribution in [2.24, 2.45) is 0 Å². The van der Waals surface area contributed by atoms with E-state index >= 15 is 0 Å². The van der Waals surface area contributed by atoms with Crippen LogP contribution in [-0.2, 0) is 4.74 Å². The lowest BCUT2D eigenvalue weighted by Gasteiger charge is -2.23. The fourth-order valence-electron chi connectivity index (χ4n) is 3.50. The Morgan fingerprint density at radius 1 is 1.23 bits per heavy atom. The Balaban J connectivity index is 1.69. The quantitative estimate of drug-likeness (QED) is 0.580. The van der Waals surface area contributed by atoms with Crippen molar-refractivity contribution in [2.45, 2.75) is 31.8 Å². The van der Waals surface area contributed by atoms with Crippen LogP contribution in [0.25, 0.3) is 0 Å². The van der Waals surface area contributed by atoms with Gasteiger partial charge in [0.25, 0.3) is 11.8 Å². The molecule has 0 spiro atoms. The predicted octanol–water partition coefficient (Wildman–Crippen LogP) is 2.09. The lowest BCUT2D eigenvalue weighted by atomic mass is 9.96. The van der Waals surface area contributed by atoms with Crippen LogP contribution in [0.15, 0.2) is 42.5 Å². The fourth-order valence-corrected chi connectivity index (χ4v) is 3.50. The number of hydrogen-bond acceptors (Lipinski definition) is 5. The van der Waals surface area contributed by atoms with Gasteiger partial charge in [0.2, 0.25) is 0 Å². The van der Waals surface area contributed by atoms with Crippen molar-refractivity contribution in [3.63, 3.8) is 0 Å². The number of nitrogens with zero attached hydrogens (tertiary/aromatic N) is 1. The number of amides is 2. The Hall–Kier alpha value is -2.77. The van der Waals surface area contributed by atoms with Crippen LogP contribution >= 0.6 is 0 Å². The molecule has 1 aliphatic heterocycles. The van der Waals surface area contributed by atoms with Crippen LogP contribution in [-0.4, -0.2) is 56.2 Å². The summed E-state index contributed by atoms with van der Waals surface area (Å²) in [5.74, 6) is -0.557. The summed E-state index contributed by atoms with van der Waals surface area (Å²) in [7, 11) is 1.55. The first kappa shape index (κ1) is 21.9. The number of nitrogens with one attached hydrogen (secondary N) is 3. The van der Waals surface area contributed by atoms with E-state index in [1.54, 1.807) is 19.2 Å². The number of carbonyl (C=O) groups is 2. The molecule has 1 saturated heterocycles. The highest BCUT2D eigenvalue weighted by atomic mass is 16.5. The van der Waals surface area contributed by atoms with E-state index in [1.165, 1.54) is 0 Å². The summed E-state index contributed by atoms with van der Waals surface area (Å²) in [6.07, 6.45) is 1.93. The molecule has 2 amide bonds. The Morgan fingerprint density at radius 2 is 2.03 bits per heavy atom. The number of morpholine rings is 1. The van der Waals surface area contributed by atoms with Crippen molar-refractivity contribution in [3.05, 3.63) is 65.0 Å². The van der Waals surface area contributed by atoms with Crippen LogP contribution < -0.4 is 16.0 Å². The van der Waals surface area contributed by atoms with Crippen molar-refractivity contribution < 1.29 is 14.3 Å². The highest BCUT2D eigenvalue weighted by Gasteiger charge is 2.18. The zero-order valence-corrected chi connectivity index (χ0v) is 17.6. The first-order chi connectivity index (χ1) is 14.6. The van der Waals surface area contributed by atoms with Gasteiger partial charge in [-0.3, -0.25) is 9.59 Å². The van der Waals surface area contributed by atoms with Crippen molar-refractivity contribution in [3.8, 4) is 0 Å². The third-order valence-corrected chi connectivity index (χ3v) is 5.30. The zero-order valence-electron chi connectivity index (χ0n) is 17.6. The van der Waals surface area contributed by atoms with Gasteiger partial charge in [-0.05, 0) is 30.5 Å². The summed E-state index contributed by atoms with van der Waals surface area (Å²) in [5.41, 5.74) is 2.45. The molecule has 0 bridgehead atoms. The lowest BCUT2D eigenvalue weighted by molar-refractivity contribution is 0.0225. The third-order valence-electron chi connectivity index (χ3n) is 5.30. The molecule has 0 unspecified atom stereocenters. The Bertz CT molecular complexity index is 851. The molecule has 2 heterocycles. The smallest absolute Gasteiger partial charge is 0.269 e. The molecule has 0 saturated carbocycles. The Morgan fingerprint density at radius 3 is 2.73 bits per heavy atom. The fraction of sp³-hybridized carbons (Fsp3) is 0.435. The highest BCUT2D eigenvalue weighted by Crippen LogP contribution is 2.23. The summed E-state index contributed by atoms with van der Waals surface area (Å²) >= 11 is 0. The molecule has 1 aliphatic rings. The van der Waals surface area contributed by atoms with E-state index < -0.39 is 0 Å². The van der Waals surface area contributed by atoms with Crippen molar-refractivity contribution in [1.29, 1.82) is 0 Å². The molecule has 3 N–H and O–H groups in total. The number of hydrogen-bond donors (Lipinski definition) is 3. The number of rotatable bonds is 8. The SMILES string of the molecule is CNC(=O)c1cc(C(=O)NCCC[C@H]2CNCCO2)cc([C@H](C)c2ccccc2)n1. The summed E-state index contributed by atoms with van der Waals surface area (Å²) in [4.78, 5) is 29.5. The van der Waals surface area contributed by atoms with Gasteiger partial charge in [0.05, 0.1) is 12.7 Å². The number of carbonyl (C=O) groups excluding carboxylic acids is 2. The van der Waals surface area contributed by atoms with E-state index in [9.17, 15) is 9.59 Å². The Labute approximate surface area is 177 Å². The number of aromatic nitrogens is 1. The first-order valence-electron chi connectivity index (χ1n) is 10.5. The van der Waals surface area contributed by atoms with E-state index in [0.29, 0.717) is 17.8 Å². The maximum atomic E-state index is 12.8. The topological polar surface area (TPSA) is 92.4 Å². The van der Waals surface area contributed by atoms with Gasteiger partial charge < -0.3 is 20.7 Å². The van der Waals surface area contributed by atoms with Gasteiger partial charge in [-0.1, -0.05) is 37.3 Å². The van der Waals surface area contributed by atoms with Crippen molar-refractivity contribution in [2.75, 3.05) is 33.3 Å². The van der Waals surface area contributed by atoms with Crippen LogP contribution in [0.1, 0.15) is 57.8 Å². The second-order valence-corrected chi connectivity index (χ2v) is 7.47. The average molecular weight is 411 g/mol. The minimum atomic E-state index is -0.312. The van der Waals surface area contributed by atoms with Gasteiger partial charge in [-0.15, -0.1) is 0 Å². The molecular weight excluding hydrogens is 380 g/mol. The van der Waals surface area contributed by atoms with Gasteiger partial charge in [-0.2, -0.15) is 0 Å². The van der Waals surface area contributed by atoms with Crippen LogP contribution in [0, 0.1) is 0 Å². The zero-order chi connectivity index (χ0) is 21.3. The molecule has 1 aromatic carbocycles. The monoisotopic (exact) mass is 410 g/mol. The minimum Gasteiger partial charge on any atom is -0.376 e. The maximum Gasteiger partial charge on any atom is 0.269 e. The molecule has 0 radical (unpaired) electrons. The first-order valence-corrected chi connectivity index (χ1v) is 10.5. The van der Waals surface area contributed by atoms with Gasteiger partial charge in [0.15, 0.2) is 0 Å². The maximum absolute atomic E-state index is 12.8. The van der Waals surface area contributed by atoms with Gasteiger partial charge in [-0.25, -0.2) is 4.98 Å². The molecule has 1 aromatic heterocycles. The van der Waals surface area contributed by atoms with Gasteiger partial charge in [0, 0.05) is 43.9 Å². The average Bonchev–Trinajstić information content (AvgIpc) is 2.81. The molecule has 2 aromatic rings. The molecule has 7 nitrogen and oxygen atoms in total. The summed E-state index contributed by atoms with van der Waals surface area (Å²) in [6.45, 7) is 5.06. The number of pyridine rings is 1. The molecule has 1 fully saturated rings. The Kier molecular flexibility index (Phi) is 7.93.